The summed E-state index contributed by atoms with van der Waals surface area (Å²) in [5.74, 6) is -0.374. The summed E-state index contributed by atoms with van der Waals surface area (Å²) in [6, 6.07) is 11.5. The van der Waals surface area contributed by atoms with Crippen molar-refractivity contribution in [2.24, 2.45) is 5.73 Å². The Labute approximate surface area is 115 Å². The first-order chi connectivity index (χ1) is 9.11. The number of phenols is 1. The summed E-state index contributed by atoms with van der Waals surface area (Å²) in [4.78, 5) is 12.1. The van der Waals surface area contributed by atoms with E-state index in [0.717, 1.165) is 5.56 Å². The SMILES string of the molecule is NCc1ccccc1C(=O)Nc1cc(Cl)ccc1O. The Morgan fingerprint density at radius 3 is 2.74 bits per heavy atom. The zero-order chi connectivity index (χ0) is 13.8. The lowest BCUT2D eigenvalue weighted by atomic mass is 10.1. The predicted octanol–water partition coefficient (Wildman–Crippen LogP) is 2.76. The second kappa shape index (κ2) is 5.73. The highest BCUT2D eigenvalue weighted by Gasteiger charge is 2.12. The Kier molecular flexibility index (Phi) is 4.04. The molecular formula is C14H13ClN2O2. The zero-order valence-corrected chi connectivity index (χ0v) is 10.8. The lowest BCUT2D eigenvalue weighted by Gasteiger charge is -2.10. The number of rotatable bonds is 3. The number of amides is 1. The van der Waals surface area contributed by atoms with Crippen molar-refractivity contribution in [2.45, 2.75) is 6.54 Å². The highest BCUT2D eigenvalue weighted by Crippen LogP contribution is 2.27. The van der Waals surface area contributed by atoms with Crippen LogP contribution in [0.3, 0.4) is 0 Å². The molecule has 19 heavy (non-hydrogen) atoms. The normalized spacial score (nSPS) is 10.2. The number of hydrogen-bond donors (Lipinski definition) is 3. The van der Waals surface area contributed by atoms with Gasteiger partial charge in [0.1, 0.15) is 5.75 Å². The summed E-state index contributed by atoms with van der Waals surface area (Å²) in [5, 5.41) is 12.7. The standard InChI is InChI=1S/C14H13ClN2O2/c15-10-5-6-13(18)12(7-10)17-14(19)11-4-2-1-3-9(11)8-16/h1-7,18H,8,16H2,(H,17,19). The average Bonchev–Trinajstić information content (AvgIpc) is 2.42. The van der Waals surface area contributed by atoms with Crippen LogP contribution >= 0.6 is 11.6 Å². The fourth-order valence-corrected chi connectivity index (χ4v) is 1.89. The van der Waals surface area contributed by atoms with E-state index in [1.165, 1.54) is 12.1 Å². The molecule has 0 aromatic heterocycles. The largest absolute Gasteiger partial charge is 0.506 e. The lowest BCUT2D eigenvalue weighted by Crippen LogP contribution is -2.15. The molecule has 5 heteroatoms. The molecule has 4 N–H and O–H groups in total. The van der Waals surface area contributed by atoms with Crippen LogP contribution in [0, 0.1) is 0 Å². The first-order valence-corrected chi connectivity index (χ1v) is 6.07. The summed E-state index contributed by atoms with van der Waals surface area (Å²) in [6.07, 6.45) is 0. The number of halogens is 1. The van der Waals surface area contributed by atoms with Crippen molar-refractivity contribution in [1.29, 1.82) is 0 Å². The molecule has 0 aliphatic rings. The van der Waals surface area contributed by atoms with Gasteiger partial charge in [-0.2, -0.15) is 0 Å². The number of hydrogen-bond acceptors (Lipinski definition) is 3. The summed E-state index contributed by atoms with van der Waals surface area (Å²) < 4.78 is 0. The minimum atomic E-state index is -0.335. The van der Waals surface area contributed by atoms with E-state index < -0.39 is 0 Å². The van der Waals surface area contributed by atoms with Crippen LogP contribution in [0.15, 0.2) is 42.5 Å². The Bertz CT molecular complexity index is 614. The van der Waals surface area contributed by atoms with Crippen molar-refractivity contribution in [1.82, 2.24) is 0 Å². The topological polar surface area (TPSA) is 75.4 Å². The molecule has 2 rings (SSSR count). The van der Waals surface area contributed by atoms with Crippen LogP contribution < -0.4 is 11.1 Å². The van der Waals surface area contributed by atoms with Crippen LogP contribution in [0.2, 0.25) is 5.02 Å². The Morgan fingerprint density at radius 2 is 2.00 bits per heavy atom. The van der Waals surface area contributed by atoms with E-state index >= 15 is 0 Å². The number of benzene rings is 2. The minimum Gasteiger partial charge on any atom is -0.506 e. The maximum atomic E-state index is 12.1. The molecule has 0 saturated heterocycles. The van der Waals surface area contributed by atoms with E-state index in [9.17, 15) is 9.90 Å². The first-order valence-electron chi connectivity index (χ1n) is 5.69. The van der Waals surface area contributed by atoms with E-state index in [-0.39, 0.29) is 23.9 Å². The van der Waals surface area contributed by atoms with Gasteiger partial charge >= 0.3 is 0 Å². The molecule has 0 saturated carbocycles. The van der Waals surface area contributed by atoms with Gasteiger partial charge in [-0.3, -0.25) is 4.79 Å². The van der Waals surface area contributed by atoms with Crippen molar-refractivity contribution in [3.05, 3.63) is 58.6 Å². The second-order valence-corrected chi connectivity index (χ2v) is 4.41. The smallest absolute Gasteiger partial charge is 0.256 e. The number of nitrogens with one attached hydrogen (secondary N) is 1. The van der Waals surface area contributed by atoms with Crippen molar-refractivity contribution >= 4 is 23.2 Å². The van der Waals surface area contributed by atoms with Crippen LogP contribution in [0.4, 0.5) is 5.69 Å². The average molecular weight is 277 g/mol. The molecule has 0 bridgehead atoms. The Morgan fingerprint density at radius 1 is 1.26 bits per heavy atom. The van der Waals surface area contributed by atoms with E-state index in [4.69, 9.17) is 17.3 Å². The van der Waals surface area contributed by atoms with Gasteiger partial charge in [-0.1, -0.05) is 29.8 Å². The van der Waals surface area contributed by atoms with Crippen LogP contribution in [-0.4, -0.2) is 11.0 Å². The molecule has 2 aromatic rings. The molecule has 0 aliphatic heterocycles. The molecule has 0 fully saturated rings. The van der Waals surface area contributed by atoms with Gasteiger partial charge in [0.15, 0.2) is 0 Å². The third kappa shape index (κ3) is 3.05. The summed E-state index contributed by atoms with van der Waals surface area (Å²) in [5.41, 5.74) is 7.07. The zero-order valence-electron chi connectivity index (χ0n) is 10.1. The van der Waals surface area contributed by atoms with E-state index in [2.05, 4.69) is 5.32 Å². The van der Waals surface area contributed by atoms with E-state index in [1.807, 2.05) is 6.07 Å². The number of carbonyl (C=O) groups is 1. The summed E-state index contributed by atoms with van der Waals surface area (Å²) in [6.45, 7) is 0.269. The van der Waals surface area contributed by atoms with Crippen LogP contribution in [-0.2, 0) is 6.54 Å². The summed E-state index contributed by atoms with van der Waals surface area (Å²) in [7, 11) is 0. The fourth-order valence-electron chi connectivity index (χ4n) is 1.72. The highest BCUT2D eigenvalue weighted by molar-refractivity contribution is 6.31. The van der Waals surface area contributed by atoms with Gasteiger partial charge in [0.2, 0.25) is 0 Å². The number of nitrogens with two attached hydrogens (primary N) is 1. The second-order valence-electron chi connectivity index (χ2n) is 3.98. The Balaban J connectivity index is 2.28. The molecule has 0 aliphatic carbocycles. The number of phenolic OH excluding ortho intramolecular Hbond substituents is 1. The van der Waals surface area contributed by atoms with Crippen molar-refractivity contribution < 1.29 is 9.90 Å². The quantitative estimate of drug-likeness (QED) is 0.755. The van der Waals surface area contributed by atoms with Gasteiger partial charge in [0.25, 0.3) is 5.91 Å². The number of anilines is 1. The van der Waals surface area contributed by atoms with Gasteiger partial charge in [-0.05, 0) is 29.8 Å². The molecular weight excluding hydrogens is 264 g/mol. The Hall–Kier alpha value is -2.04. The fraction of sp³-hybridized carbons (Fsp3) is 0.0714. The summed E-state index contributed by atoms with van der Waals surface area (Å²) >= 11 is 5.82. The molecule has 0 atom stereocenters. The van der Waals surface area contributed by atoms with Crippen LogP contribution in [0.25, 0.3) is 0 Å². The van der Waals surface area contributed by atoms with E-state index in [1.54, 1.807) is 24.3 Å². The monoisotopic (exact) mass is 276 g/mol. The van der Waals surface area contributed by atoms with Crippen molar-refractivity contribution in [2.75, 3.05) is 5.32 Å². The third-order valence-corrected chi connectivity index (χ3v) is 2.92. The van der Waals surface area contributed by atoms with Gasteiger partial charge in [-0.25, -0.2) is 0 Å². The molecule has 2 aromatic carbocycles. The van der Waals surface area contributed by atoms with Crippen LogP contribution in [0.5, 0.6) is 5.75 Å². The number of aromatic hydroxyl groups is 1. The molecule has 0 heterocycles. The third-order valence-electron chi connectivity index (χ3n) is 2.69. The predicted molar refractivity (Wildman–Crippen MR) is 75.4 cm³/mol. The van der Waals surface area contributed by atoms with Gasteiger partial charge in [-0.15, -0.1) is 0 Å². The molecule has 98 valence electrons. The number of carbonyl (C=O) groups excluding carboxylic acids is 1. The lowest BCUT2D eigenvalue weighted by molar-refractivity contribution is 0.102. The maximum Gasteiger partial charge on any atom is 0.256 e. The highest BCUT2D eigenvalue weighted by atomic mass is 35.5. The van der Waals surface area contributed by atoms with Crippen molar-refractivity contribution in [3.8, 4) is 5.75 Å². The van der Waals surface area contributed by atoms with Gasteiger partial charge in [0.05, 0.1) is 5.69 Å². The van der Waals surface area contributed by atoms with Crippen molar-refractivity contribution in [3.63, 3.8) is 0 Å². The minimum absolute atomic E-state index is 0.0389. The first kappa shape index (κ1) is 13.4. The van der Waals surface area contributed by atoms with Gasteiger partial charge < -0.3 is 16.2 Å². The molecule has 0 spiro atoms. The molecule has 1 amide bonds. The van der Waals surface area contributed by atoms with E-state index in [0.29, 0.717) is 10.6 Å². The maximum absolute atomic E-state index is 12.1. The molecule has 4 nitrogen and oxygen atoms in total. The molecule has 0 unspecified atom stereocenters. The van der Waals surface area contributed by atoms with Gasteiger partial charge in [0, 0.05) is 17.1 Å². The van der Waals surface area contributed by atoms with Crippen LogP contribution in [0.1, 0.15) is 15.9 Å². The molecule has 0 radical (unpaired) electrons.